The molecule has 2 aromatic heterocycles. The second kappa shape index (κ2) is 9.14. The summed E-state index contributed by atoms with van der Waals surface area (Å²) in [5, 5.41) is 8.39. The van der Waals surface area contributed by atoms with Crippen LogP contribution in [0, 0.1) is 5.82 Å². The van der Waals surface area contributed by atoms with Crippen LogP contribution < -0.4 is 20.5 Å². The van der Waals surface area contributed by atoms with Gasteiger partial charge in [-0.2, -0.15) is 4.98 Å². The number of nitrogen functional groups attached to an aromatic ring is 1. The number of nitrogens with zero attached hydrogens (tertiary/aromatic N) is 4. The predicted octanol–water partition coefficient (Wildman–Crippen LogP) is 3.81. The zero-order valence-corrected chi connectivity index (χ0v) is 18.9. The summed E-state index contributed by atoms with van der Waals surface area (Å²) >= 11 is 0. The minimum absolute atomic E-state index is 0.110. The van der Waals surface area contributed by atoms with Crippen LogP contribution in [0.5, 0.6) is 11.5 Å². The van der Waals surface area contributed by atoms with Crippen molar-refractivity contribution in [2.24, 2.45) is 0 Å². The van der Waals surface area contributed by atoms with Crippen LogP contribution in [0.1, 0.15) is 12.8 Å². The van der Waals surface area contributed by atoms with Gasteiger partial charge in [0.15, 0.2) is 17.1 Å². The molecule has 4 aromatic rings. The fraction of sp³-hybridized carbons (Fsp3) is 0.292. The van der Waals surface area contributed by atoms with E-state index < -0.39 is 0 Å². The van der Waals surface area contributed by atoms with E-state index in [9.17, 15) is 4.39 Å². The monoisotopic (exact) mass is 464 g/mol. The average Bonchev–Trinajstić information content (AvgIpc) is 3.50. The summed E-state index contributed by atoms with van der Waals surface area (Å²) in [5.41, 5.74) is 8.70. The molecule has 0 amide bonds. The Hall–Kier alpha value is -3.92. The van der Waals surface area contributed by atoms with Gasteiger partial charge in [0.1, 0.15) is 11.6 Å². The topological polar surface area (TPSA) is 109 Å². The average molecular weight is 465 g/mol. The molecule has 1 saturated heterocycles. The number of hydrogen-bond donors (Lipinski definition) is 2. The Morgan fingerprint density at radius 3 is 2.74 bits per heavy atom. The van der Waals surface area contributed by atoms with Gasteiger partial charge in [0.2, 0.25) is 5.95 Å². The zero-order chi connectivity index (χ0) is 23.7. The minimum Gasteiger partial charge on any atom is -0.493 e. The van der Waals surface area contributed by atoms with Gasteiger partial charge < -0.3 is 25.3 Å². The molecule has 0 unspecified atom stereocenters. The highest BCUT2D eigenvalue weighted by atomic mass is 19.1. The SMILES string of the molecule is COc1ccc(-c2nc(NC[C@@H]3CCCO3)nc3nn(-c4cccc(F)c4)c(N)c23)cc1OC. The summed E-state index contributed by atoms with van der Waals surface area (Å²) in [7, 11) is 3.15. The first-order chi connectivity index (χ1) is 16.6. The molecular formula is C24H25FN6O3. The highest BCUT2D eigenvalue weighted by Gasteiger charge is 2.22. The Balaban J connectivity index is 1.65. The molecule has 9 nitrogen and oxygen atoms in total. The van der Waals surface area contributed by atoms with E-state index in [1.54, 1.807) is 32.4 Å². The van der Waals surface area contributed by atoms with Crippen LogP contribution in [0.15, 0.2) is 42.5 Å². The van der Waals surface area contributed by atoms with Gasteiger partial charge in [0.25, 0.3) is 0 Å². The number of ether oxygens (including phenoxy) is 3. The largest absolute Gasteiger partial charge is 0.493 e. The summed E-state index contributed by atoms with van der Waals surface area (Å²) in [6.45, 7) is 1.34. The van der Waals surface area contributed by atoms with Crippen molar-refractivity contribution >= 4 is 22.8 Å². The molecule has 10 heteroatoms. The normalized spacial score (nSPS) is 15.6. The lowest BCUT2D eigenvalue weighted by Crippen LogP contribution is -2.19. The van der Waals surface area contributed by atoms with Crippen molar-refractivity contribution in [3.8, 4) is 28.4 Å². The molecule has 0 saturated carbocycles. The predicted molar refractivity (Wildman–Crippen MR) is 127 cm³/mol. The second-order valence-corrected chi connectivity index (χ2v) is 7.96. The summed E-state index contributed by atoms with van der Waals surface area (Å²) < 4.78 is 31.9. The van der Waals surface area contributed by atoms with Crippen molar-refractivity contribution < 1.29 is 18.6 Å². The van der Waals surface area contributed by atoms with Crippen molar-refractivity contribution in [2.45, 2.75) is 18.9 Å². The number of methoxy groups -OCH3 is 2. The maximum absolute atomic E-state index is 13.9. The molecule has 0 bridgehead atoms. The molecule has 2 aromatic carbocycles. The summed E-state index contributed by atoms with van der Waals surface area (Å²) in [4.78, 5) is 9.36. The molecule has 1 atom stereocenters. The molecule has 34 heavy (non-hydrogen) atoms. The van der Waals surface area contributed by atoms with Gasteiger partial charge in [-0.3, -0.25) is 0 Å². The number of aromatic nitrogens is 4. The van der Waals surface area contributed by atoms with E-state index in [1.807, 2.05) is 12.1 Å². The number of nitrogens with two attached hydrogens (primary N) is 1. The molecule has 1 fully saturated rings. The summed E-state index contributed by atoms with van der Waals surface area (Å²) in [6.07, 6.45) is 2.13. The Morgan fingerprint density at radius 1 is 1.15 bits per heavy atom. The zero-order valence-electron chi connectivity index (χ0n) is 18.9. The molecule has 176 valence electrons. The molecular weight excluding hydrogens is 439 g/mol. The Morgan fingerprint density at radius 2 is 2.00 bits per heavy atom. The standard InChI is InChI=1S/C24H25FN6O3/c1-32-18-9-8-14(11-19(18)33-2)21-20-22(26)31(16-6-3-5-15(25)12-16)30-23(20)29-24(28-21)27-13-17-7-4-10-34-17/h3,5-6,8-9,11-12,17H,4,7,10,13,26H2,1-2H3,(H,27,29,30)/t17-/m0/s1. The maximum Gasteiger partial charge on any atom is 0.225 e. The second-order valence-electron chi connectivity index (χ2n) is 7.96. The van der Waals surface area contributed by atoms with E-state index in [1.165, 1.54) is 16.8 Å². The molecule has 1 aliphatic rings. The molecule has 3 heterocycles. The van der Waals surface area contributed by atoms with Crippen LogP contribution >= 0.6 is 0 Å². The van der Waals surface area contributed by atoms with Crippen molar-refractivity contribution in [3.63, 3.8) is 0 Å². The number of benzene rings is 2. The lowest BCUT2D eigenvalue weighted by molar-refractivity contribution is 0.120. The highest BCUT2D eigenvalue weighted by Crippen LogP contribution is 2.37. The number of nitrogens with one attached hydrogen (secondary N) is 1. The lowest BCUT2D eigenvalue weighted by Gasteiger charge is -2.13. The molecule has 0 spiro atoms. The van der Waals surface area contributed by atoms with Gasteiger partial charge in [-0.1, -0.05) is 6.07 Å². The van der Waals surface area contributed by atoms with Crippen molar-refractivity contribution in [1.82, 2.24) is 19.7 Å². The molecule has 3 N–H and O–H groups in total. The fourth-order valence-corrected chi connectivity index (χ4v) is 4.10. The number of anilines is 2. The van der Waals surface area contributed by atoms with Crippen LogP contribution in [0.3, 0.4) is 0 Å². The highest BCUT2D eigenvalue weighted by molar-refractivity contribution is 5.99. The van der Waals surface area contributed by atoms with Crippen LogP contribution in [0.2, 0.25) is 0 Å². The Bertz CT molecular complexity index is 1340. The van der Waals surface area contributed by atoms with Crippen LogP contribution in [0.25, 0.3) is 28.0 Å². The van der Waals surface area contributed by atoms with E-state index in [0.717, 1.165) is 25.0 Å². The van der Waals surface area contributed by atoms with Crippen LogP contribution in [0.4, 0.5) is 16.2 Å². The van der Waals surface area contributed by atoms with E-state index in [-0.39, 0.29) is 11.9 Å². The molecule has 5 rings (SSSR count). The van der Waals surface area contributed by atoms with Gasteiger partial charge in [-0.05, 0) is 49.2 Å². The van der Waals surface area contributed by atoms with Crippen molar-refractivity contribution in [2.75, 3.05) is 38.4 Å². The van der Waals surface area contributed by atoms with Crippen molar-refractivity contribution in [3.05, 3.63) is 48.3 Å². The quantitative estimate of drug-likeness (QED) is 0.425. The summed E-state index contributed by atoms with van der Waals surface area (Å²) in [5.74, 6) is 1.46. The van der Waals surface area contributed by atoms with E-state index >= 15 is 0 Å². The van der Waals surface area contributed by atoms with Gasteiger partial charge >= 0.3 is 0 Å². The Labute approximate surface area is 195 Å². The van der Waals surface area contributed by atoms with Gasteiger partial charge in [0.05, 0.1) is 37.1 Å². The third-order valence-corrected chi connectivity index (χ3v) is 5.79. The first kappa shape index (κ1) is 21.9. The number of hydrogen-bond acceptors (Lipinski definition) is 8. The van der Waals surface area contributed by atoms with Crippen molar-refractivity contribution in [1.29, 1.82) is 0 Å². The minimum atomic E-state index is -0.387. The first-order valence-electron chi connectivity index (χ1n) is 11.0. The third-order valence-electron chi connectivity index (χ3n) is 5.79. The first-order valence-corrected chi connectivity index (χ1v) is 11.0. The van der Waals surface area contributed by atoms with E-state index in [2.05, 4.69) is 15.4 Å². The van der Waals surface area contributed by atoms with Gasteiger partial charge in [-0.15, -0.1) is 5.10 Å². The number of rotatable bonds is 7. The lowest BCUT2D eigenvalue weighted by atomic mass is 10.1. The van der Waals surface area contributed by atoms with Crippen LogP contribution in [-0.2, 0) is 4.74 Å². The molecule has 1 aliphatic heterocycles. The van der Waals surface area contributed by atoms with Crippen LogP contribution in [-0.4, -0.2) is 53.2 Å². The smallest absolute Gasteiger partial charge is 0.225 e. The fourth-order valence-electron chi connectivity index (χ4n) is 4.10. The molecule has 0 radical (unpaired) electrons. The third kappa shape index (κ3) is 4.08. The maximum atomic E-state index is 13.9. The van der Waals surface area contributed by atoms with Gasteiger partial charge in [0, 0.05) is 18.7 Å². The van der Waals surface area contributed by atoms with Gasteiger partial charge in [-0.25, -0.2) is 14.1 Å². The Kier molecular flexibility index (Phi) is 5.89. The van der Waals surface area contributed by atoms with E-state index in [0.29, 0.717) is 52.2 Å². The number of halogens is 1. The number of fused-ring (bicyclic) bond motifs is 1. The van der Waals surface area contributed by atoms with E-state index in [4.69, 9.17) is 24.9 Å². The molecule has 0 aliphatic carbocycles. The summed E-state index contributed by atoms with van der Waals surface area (Å²) in [6, 6.07) is 11.6.